The van der Waals surface area contributed by atoms with Crippen molar-refractivity contribution in [2.24, 2.45) is 0 Å². The molecule has 0 unspecified atom stereocenters. The smallest absolute Gasteiger partial charge is 0.480 e. The van der Waals surface area contributed by atoms with E-state index in [4.69, 9.17) is 4.74 Å². The fourth-order valence-corrected chi connectivity index (χ4v) is 2.81. The van der Waals surface area contributed by atoms with Crippen LogP contribution in [0.3, 0.4) is 0 Å². The third-order valence-electron chi connectivity index (χ3n) is 3.27. The summed E-state index contributed by atoms with van der Waals surface area (Å²) in [7, 11) is 1.47. The monoisotopic (exact) mass is 416 g/mol. The molecule has 0 saturated heterocycles. The fraction of sp³-hybridized carbons (Fsp3) is 0.267. The van der Waals surface area contributed by atoms with Crippen LogP contribution in [-0.4, -0.2) is 33.4 Å². The summed E-state index contributed by atoms with van der Waals surface area (Å²) in [6.45, 7) is 1.78. The Hall–Kier alpha value is -2.36. The summed E-state index contributed by atoms with van der Waals surface area (Å²) in [6.07, 6.45) is -4.43. The number of rotatable bonds is 4. The summed E-state index contributed by atoms with van der Waals surface area (Å²) in [5.74, 6) is 0.672. The number of aromatic nitrogens is 4. The standard InChI is InChI=1S/C15H12BrF3N4O2/c1-7-20-12-13(21-7)23-14(24-2)10(22-12)6-8-3-4-11(9(16)5-8)25-15(17,18)19/h3-5H,6H2,1-2H3,(H,20,21,22,23). The SMILES string of the molecule is COc1nc2nc(C)[nH]c2nc1Cc1ccc(OC(F)(F)F)c(Br)c1. The molecule has 10 heteroatoms. The topological polar surface area (TPSA) is 72.9 Å². The second kappa shape index (κ2) is 6.51. The lowest BCUT2D eigenvalue weighted by Gasteiger charge is -2.12. The zero-order chi connectivity index (χ0) is 18.2. The zero-order valence-corrected chi connectivity index (χ0v) is 14.7. The molecule has 0 radical (unpaired) electrons. The molecule has 0 atom stereocenters. The van der Waals surface area contributed by atoms with Crippen molar-refractivity contribution in [1.29, 1.82) is 0 Å². The van der Waals surface area contributed by atoms with Gasteiger partial charge in [-0.1, -0.05) is 6.07 Å². The summed E-state index contributed by atoms with van der Waals surface area (Å²) in [5, 5.41) is 0. The van der Waals surface area contributed by atoms with Gasteiger partial charge in [0.1, 0.15) is 17.3 Å². The molecule has 1 aromatic carbocycles. The van der Waals surface area contributed by atoms with Crippen LogP contribution < -0.4 is 9.47 Å². The number of H-pyrrole nitrogens is 1. The number of nitrogens with one attached hydrogen (secondary N) is 1. The first-order valence-electron chi connectivity index (χ1n) is 7.06. The Labute approximate surface area is 148 Å². The van der Waals surface area contributed by atoms with Crippen molar-refractivity contribution < 1.29 is 22.6 Å². The second-order valence-electron chi connectivity index (χ2n) is 5.16. The van der Waals surface area contributed by atoms with E-state index in [0.29, 0.717) is 40.7 Å². The Morgan fingerprint density at radius 2 is 1.96 bits per heavy atom. The third kappa shape index (κ3) is 4.01. The fourth-order valence-electron chi connectivity index (χ4n) is 2.30. The third-order valence-corrected chi connectivity index (χ3v) is 3.89. The quantitative estimate of drug-likeness (QED) is 0.697. The van der Waals surface area contributed by atoms with Gasteiger partial charge >= 0.3 is 6.36 Å². The van der Waals surface area contributed by atoms with Gasteiger partial charge in [0.15, 0.2) is 5.65 Å². The van der Waals surface area contributed by atoms with Gasteiger partial charge in [0.2, 0.25) is 11.5 Å². The van der Waals surface area contributed by atoms with Crippen LogP contribution in [0.1, 0.15) is 17.1 Å². The van der Waals surface area contributed by atoms with E-state index in [9.17, 15) is 13.2 Å². The molecule has 3 aromatic rings. The van der Waals surface area contributed by atoms with Gasteiger partial charge in [-0.05, 0) is 40.5 Å². The number of ether oxygens (including phenoxy) is 2. The molecular weight excluding hydrogens is 405 g/mol. The van der Waals surface area contributed by atoms with E-state index in [0.717, 1.165) is 0 Å². The summed E-state index contributed by atoms with van der Waals surface area (Å²) in [4.78, 5) is 15.9. The Kier molecular flexibility index (Phi) is 4.55. The molecule has 2 heterocycles. The second-order valence-corrected chi connectivity index (χ2v) is 6.02. The molecule has 0 fully saturated rings. The maximum atomic E-state index is 12.3. The number of halogens is 4. The van der Waals surface area contributed by atoms with Crippen molar-refractivity contribution in [3.8, 4) is 11.6 Å². The average Bonchev–Trinajstić information content (AvgIpc) is 2.87. The molecule has 0 aliphatic carbocycles. The Bertz CT molecular complexity index is 927. The highest BCUT2D eigenvalue weighted by atomic mass is 79.9. The maximum Gasteiger partial charge on any atom is 0.573 e. The first kappa shape index (κ1) is 17.5. The van der Waals surface area contributed by atoms with Crippen molar-refractivity contribution >= 4 is 27.2 Å². The van der Waals surface area contributed by atoms with Gasteiger partial charge in [-0.2, -0.15) is 4.98 Å². The highest BCUT2D eigenvalue weighted by molar-refractivity contribution is 9.10. The molecule has 6 nitrogen and oxygen atoms in total. The highest BCUT2D eigenvalue weighted by Crippen LogP contribution is 2.32. The molecule has 0 aliphatic rings. The first-order valence-corrected chi connectivity index (χ1v) is 7.86. The highest BCUT2D eigenvalue weighted by Gasteiger charge is 2.32. The van der Waals surface area contributed by atoms with Crippen LogP contribution in [0, 0.1) is 6.92 Å². The van der Waals surface area contributed by atoms with Crippen molar-refractivity contribution in [1.82, 2.24) is 19.9 Å². The summed E-state index contributed by atoms with van der Waals surface area (Å²) >= 11 is 3.08. The van der Waals surface area contributed by atoms with Crippen molar-refractivity contribution in [3.63, 3.8) is 0 Å². The van der Waals surface area contributed by atoms with Gasteiger partial charge in [-0.25, -0.2) is 9.97 Å². The Morgan fingerprint density at radius 3 is 2.60 bits per heavy atom. The molecule has 0 aliphatic heterocycles. The van der Waals surface area contributed by atoms with Gasteiger partial charge in [-0.3, -0.25) is 0 Å². The molecule has 0 amide bonds. The predicted molar refractivity (Wildman–Crippen MR) is 86.6 cm³/mol. The zero-order valence-electron chi connectivity index (χ0n) is 13.1. The van der Waals surface area contributed by atoms with Crippen LogP contribution in [0.15, 0.2) is 22.7 Å². The number of aromatic amines is 1. The van der Waals surface area contributed by atoms with Crippen molar-refractivity contribution in [3.05, 3.63) is 39.8 Å². The Balaban J connectivity index is 1.91. The first-order chi connectivity index (χ1) is 11.7. The molecule has 0 saturated carbocycles. The largest absolute Gasteiger partial charge is 0.573 e. The van der Waals surface area contributed by atoms with E-state index in [-0.39, 0.29) is 10.2 Å². The minimum atomic E-state index is -4.75. The van der Waals surface area contributed by atoms with Crippen LogP contribution in [0.25, 0.3) is 11.3 Å². The molecule has 2 aromatic heterocycles. The van der Waals surface area contributed by atoms with E-state index in [1.54, 1.807) is 6.92 Å². The van der Waals surface area contributed by atoms with Gasteiger partial charge in [-0.15, -0.1) is 13.2 Å². The van der Waals surface area contributed by atoms with Crippen LogP contribution in [-0.2, 0) is 6.42 Å². The van der Waals surface area contributed by atoms with Gasteiger partial charge in [0.05, 0.1) is 11.6 Å². The van der Waals surface area contributed by atoms with Crippen LogP contribution >= 0.6 is 15.9 Å². The summed E-state index contributed by atoms with van der Waals surface area (Å²) < 4.78 is 46.4. The van der Waals surface area contributed by atoms with Gasteiger partial charge in [0, 0.05) is 6.42 Å². The number of hydrogen-bond donors (Lipinski definition) is 1. The number of methoxy groups -OCH3 is 1. The van der Waals surface area contributed by atoms with Crippen molar-refractivity contribution in [2.45, 2.75) is 19.7 Å². The summed E-state index contributed by atoms with van der Waals surface area (Å²) in [5.41, 5.74) is 2.21. The average molecular weight is 417 g/mol. The maximum absolute atomic E-state index is 12.3. The lowest BCUT2D eigenvalue weighted by Crippen LogP contribution is -2.17. The number of fused-ring (bicyclic) bond motifs is 1. The van der Waals surface area contributed by atoms with Gasteiger partial charge < -0.3 is 14.5 Å². The Morgan fingerprint density at radius 1 is 1.20 bits per heavy atom. The van der Waals surface area contributed by atoms with Crippen LogP contribution in [0.2, 0.25) is 0 Å². The molecule has 3 rings (SSSR count). The number of hydrogen-bond acceptors (Lipinski definition) is 5. The van der Waals surface area contributed by atoms with Crippen LogP contribution in [0.4, 0.5) is 13.2 Å². The lowest BCUT2D eigenvalue weighted by molar-refractivity contribution is -0.274. The molecular formula is C15H12BrF3N4O2. The predicted octanol–water partition coefficient (Wildman–Crippen LogP) is 3.92. The minimum absolute atomic E-state index is 0.188. The van der Waals surface area contributed by atoms with Gasteiger partial charge in [0.25, 0.3) is 0 Å². The molecule has 0 spiro atoms. The number of nitrogens with zero attached hydrogens (tertiary/aromatic N) is 3. The summed E-state index contributed by atoms with van der Waals surface area (Å²) in [6, 6.07) is 4.30. The molecule has 0 bridgehead atoms. The molecule has 132 valence electrons. The number of aryl methyl sites for hydroxylation is 1. The van der Waals surface area contributed by atoms with E-state index in [1.807, 2.05) is 0 Å². The van der Waals surface area contributed by atoms with Crippen molar-refractivity contribution in [2.75, 3.05) is 7.11 Å². The molecule has 1 N–H and O–H groups in total. The van der Waals surface area contributed by atoms with E-state index >= 15 is 0 Å². The number of imidazole rings is 1. The van der Waals surface area contributed by atoms with Crippen LogP contribution in [0.5, 0.6) is 11.6 Å². The number of alkyl halides is 3. The van der Waals surface area contributed by atoms with E-state index in [1.165, 1.54) is 25.3 Å². The van der Waals surface area contributed by atoms with E-state index < -0.39 is 6.36 Å². The lowest BCUT2D eigenvalue weighted by atomic mass is 10.1. The molecule has 25 heavy (non-hydrogen) atoms. The normalized spacial score (nSPS) is 11.8. The minimum Gasteiger partial charge on any atom is -0.480 e. The van der Waals surface area contributed by atoms with E-state index in [2.05, 4.69) is 40.6 Å². The number of benzene rings is 1.